The third kappa shape index (κ3) is 4.00. The van der Waals surface area contributed by atoms with E-state index in [1.54, 1.807) is 11.3 Å². The number of hydrogen-bond donors (Lipinski definition) is 1. The molecule has 0 saturated carbocycles. The summed E-state index contributed by atoms with van der Waals surface area (Å²) in [7, 11) is 0. The fraction of sp³-hybridized carbons (Fsp3) is 0.375. The molecule has 0 aliphatic carbocycles. The third-order valence-electron chi connectivity index (χ3n) is 2.87. The number of rotatable bonds is 6. The van der Waals surface area contributed by atoms with Crippen LogP contribution in [-0.4, -0.2) is 6.61 Å². The quantitative estimate of drug-likeness (QED) is 0.716. The molecule has 20 heavy (non-hydrogen) atoms. The number of hydrogen-bond acceptors (Lipinski definition) is 3. The molecular weight excluding hydrogens is 334 g/mol. The van der Waals surface area contributed by atoms with Crippen LogP contribution >= 0.6 is 27.3 Å². The lowest BCUT2D eigenvalue weighted by Gasteiger charge is -2.18. The van der Waals surface area contributed by atoms with Gasteiger partial charge >= 0.3 is 0 Å². The molecule has 0 aliphatic rings. The first-order chi connectivity index (χ1) is 9.58. The van der Waals surface area contributed by atoms with E-state index in [4.69, 9.17) is 4.74 Å². The number of thiophene rings is 1. The monoisotopic (exact) mass is 353 g/mol. The summed E-state index contributed by atoms with van der Waals surface area (Å²) < 4.78 is 7.03. The van der Waals surface area contributed by atoms with Crippen molar-refractivity contribution in [2.45, 2.75) is 26.8 Å². The third-order valence-corrected chi connectivity index (χ3v) is 4.92. The molecule has 0 amide bonds. The Labute approximate surface area is 133 Å². The van der Waals surface area contributed by atoms with Crippen molar-refractivity contribution < 1.29 is 4.74 Å². The Bertz CT molecular complexity index is 553. The smallest absolute Gasteiger partial charge is 0.142 e. The van der Waals surface area contributed by atoms with E-state index in [1.807, 2.05) is 18.2 Å². The van der Waals surface area contributed by atoms with E-state index in [0.29, 0.717) is 5.92 Å². The molecule has 0 saturated heterocycles. The maximum absolute atomic E-state index is 5.88. The van der Waals surface area contributed by atoms with Crippen LogP contribution in [0, 0.1) is 5.92 Å². The first-order valence-corrected chi connectivity index (χ1v) is 8.46. The maximum atomic E-state index is 5.88. The first-order valence-electron chi connectivity index (χ1n) is 6.79. The van der Waals surface area contributed by atoms with Gasteiger partial charge in [-0.2, -0.15) is 0 Å². The van der Waals surface area contributed by atoms with E-state index < -0.39 is 0 Å². The second-order valence-electron chi connectivity index (χ2n) is 5.20. The highest BCUT2D eigenvalue weighted by atomic mass is 79.9. The molecule has 1 N–H and O–H groups in total. The molecule has 108 valence electrons. The first kappa shape index (κ1) is 15.4. The van der Waals surface area contributed by atoms with Gasteiger partial charge in [-0.05, 0) is 52.4 Å². The molecule has 4 heteroatoms. The zero-order valence-corrected chi connectivity index (χ0v) is 14.4. The van der Waals surface area contributed by atoms with Crippen LogP contribution in [0.25, 0.3) is 0 Å². The Morgan fingerprint density at radius 1 is 1.20 bits per heavy atom. The summed E-state index contributed by atoms with van der Waals surface area (Å²) in [5.41, 5.74) is 1.04. The van der Waals surface area contributed by atoms with E-state index in [9.17, 15) is 0 Å². The van der Waals surface area contributed by atoms with Crippen molar-refractivity contribution in [2.24, 2.45) is 5.92 Å². The molecule has 1 aromatic heterocycles. The van der Waals surface area contributed by atoms with Crippen molar-refractivity contribution in [3.63, 3.8) is 0 Å². The van der Waals surface area contributed by atoms with Crippen molar-refractivity contribution >= 4 is 33.0 Å². The van der Waals surface area contributed by atoms with Crippen LogP contribution in [0.1, 0.15) is 31.7 Å². The van der Waals surface area contributed by atoms with Crippen LogP contribution in [0.15, 0.2) is 40.2 Å². The van der Waals surface area contributed by atoms with E-state index in [0.717, 1.165) is 22.5 Å². The predicted octanol–water partition coefficient (Wildman–Crippen LogP) is 5.72. The molecule has 0 radical (unpaired) electrons. The fourth-order valence-electron chi connectivity index (χ4n) is 1.88. The van der Waals surface area contributed by atoms with E-state index >= 15 is 0 Å². The molecule has 0 fully saturated rings. The summed E-state index contributed by atoms with van der Waals surface area (Å²) in [4.78, 5) is 1.30. The number of nitrogens with one attached hydrogen (secondary N) is 1. The number of ether oxygens (including phenoxy) is 1. The highest BCUT2D eigenvalue weighted by molar-refractivity contribution is 9.10. The van der Waals surface area contributed by atoms with Crippen LogP contribution in [0.5, 0.6) is 5.75 Å². The van der Waals surface area contributed by atoms with Crippen LogP contribution in [0.3, 0.4) is 0 Å². The zero-order chi connectivity index (χ0) is 14.5. The standard InChI is InChI=1S/C16H20BrNOS/c1-11(2)10-19-15-7-5-4-6-14(15)18-12(3)16-13(17)8-9-20-16/h4-9,11-12,18H,10H2,1-3H3. The Morgan fingerprint density at radius 2 is 1.95 bits per heavy atom. The molecule has 2 nitrogen and oxygen atoms in total. The topological polar surface area (TPSA) is 21.3 Å². The minimum absolute atomic E-state index is 0.244. The molecule has 2 aromatic rings. The van der Waals surface area contributed by atoms with Gasteiger partial charge < -0.3 is 10.1 Å². The van der Waals surface area contributed by atoms with Crippen LogP contribution in [-0.2, 0) is 0 Å². The molecule has 0 aliphatic heterocycles. The van der Waals surface area contributed by atoms with Gasteiger partial charge in [-0.15, -0.1) is 11.3 Å². The summed E-state index contributed by atoms with van der Waals surface area (Å²) in [6, 6.07) is 10.4. The Balaban J connectivity index is 2.11. The molecule has 1 atom stereocenters. The van der Waals surface area contributed by atoms with Crippen LogP contribution < -0.4 is 10.1 Å². The van der Waals surface area contributed by atoms with Gasteiger partial charge in [0.15, 0.2) is 0 Å². The number of benzene rings is 1. The summed E-state index contributed by atoms with van der Waals surface area (Å²) >= 11 is 5.34. The highest BCUT2D eigenvalue weighted by Crippen LogP contribution is 2.33. The van der Waals surface area contributed by atoms with Gasteiger partial charge in [-0.1, -0.05) is 26.0 Å². The lowest BCUT2D eigenvalue weighted by Crippen LogP contribution is -2.09. The highest BCUT2D eigenvalue weighted by Gasteiger charge is 2.13. The molecule has 0 spiro atoms. The van der Waals surface area contributed by atoms with E-state index in [1.165, 1.54) is 4.88 Å². The Hall–Kier alpha value is -1.00. The molecule has 1 heterocycles. The predicted molar refractivity (Wildman–Crippen MR) is 90.8 cm³/mol. The number of halogens is 1. The average molecular weight is 354 g/mol. The second kappa shape index (κ2) is 7.14. The van der Waals surface area contributed by atoms with Crippen molar-refractivity contribution in [2.75, 3.05) is 11.9 Å². The minimum atomic E-state index is 0.244. The van der Waals surface area contributed by atoms with Crippen molar-refractivity contribution in [1.29, 1.82) is 0 Å². The van der Waals surface area contributed by atoms with Gasteiger partial charge in [0, 0.05) is 9.35 Å². The summed E-state index contributed by atoms with van der Waals surface area (Å²) in [6.07, 6.45) is 0. The largest absolute Gasteiger partial charge is 0.491 e. The fourth-order valence-corrected chi connectivity index (χ4v) is 3.61. The molecule has 1 unspecified atom stereocenters. The van der Waals surface area contributed by atoms with Gasteiger partial charge in [-0.3, -0.25) is 0 Å². The summed E-state index contributed by atoms with van der Waals surface area (Å²) in [6.45, 7) is 7.20. The Kier molecular flexibility index (Phi) is 5.49. The molecule has 0 bridgehead atoms. The van der Waals surface area contributed by atoms with Gasteiger partial charge in [-0.25, -0.2) is 0 Å². The van der Waals surface area contributed by atoms with Crippen LogP contribution in [0.4, 0.5) is 5.69 Å². The summed E-state index contributed by atoms with van der Waals surface area (Å²) in [5, 5.41) is 5.63. The average Bonchev–Trinajstić information content (AvgIpc) is 2.84. The normalized spacial score (nSPS) is 12.4. The maximum Gasteiger partial charge on any atom is 0.142 e. The lowest BCUT2D eigenvalue weighted by atomic mass is 10.2. The Morgan fingerprint density at radius 3 is 2.60 bits per heavy atom. The SMILES string of the molecule is CC(C)COc1ccccc1NC(C)c1sccc1Br. The van der Waals surface area contributed by atoms with Gasteiger partial charge in [0.1, 0.15) is 5.75 Å². The molecular formula is C16H20BrNOS. The number of para-hydroxylation sites is 2. The summed E-state index contributed by atoms with van der Waals surface area (Å²) in [5.74, 6) is 1.44. The minimum Gasteiger partial charge on any atom is -0.491 e. The van der Waals surface area contributed by atoms with Gasteiger partial charge in [0.2, 0.25) is 0 Å². The zero-order valence-electron chi connectivity index (χ0n) is 12.0. The van der Waals surface area contributed by atoms with Crippen molar-refractivity contribution in [3.8, 4) is 5.75 Å². The second-order valence-corrected chi connectivity index (χ2v) is 7.00. The molecule has 2 rings (SSSR count). The van der Waals surface area contributed by atoms with Crippen molar-refractivity contribution in [3.05, 3.63) is 45.1 Å². The van der Waals surface area contributed by atoms with E-state index in [-0.39, 0.29) is 6.04 Å². The van der Waals surface area contributed by atoms with Gasteiger partial charge in [0.25, 0.3) is 0 Å². The lowest BCUT2D eigenvalue weighted by molar-refractivity contribution is 0.272. The molecule has 1 aromatic carbocycles. The van der Waals surface area contributed by atoms with Crippen LogP contribution in [0.2, 0.25) is 0 Å². The van der Waals surface area contributed by atoms with E-state index in [2.05, 4.69) is 59.5 Å². The number of anilines is 1. The van der Waals surface area contributed by atoms with Crippen molar-refractivity contribution in [1.82, 2.24) is 0 Å². The van der Waals surface area contributed by atoms with Gasteiger partial charge in [0.05, 0.1) is 18.3 Å².